The monoisotopic (exact) mass is 286 g/mol. The molecule has 0 unspecified atom stereocenters. The van der Waals surface area contributed by atoms with Crippen molar-refractivity contribution < 1.29 is 28.5 Å². The van der Waals surface area contributed by atoms with Crippen molar-refractivity contribution in [1.82, 2.24) is 0 Å². The molecule has 1 N–H and O–H groups in total. The number of carbonyl (C=O) groups is 1. The van der Waals surface area contributed by atoms with Gasteiger partial charge in [-0.25, -0.2) is 4.39 Å². The van der Waals surface area contributed by atoms with E-state index >= 15 is 0 Å². The number of rotatable bonds is 6. The molecule has 1 aromatic rings. The summed E-state index contributed by atoms with van der Waals surface area (Å²) in [5.41, 5.74) is -1.03. The zero-order valence-corrected chi connectivity index (χ0v) is 12.2. The van der Waals surface area contributed by atoms with Gasteiger partial charge in [-0.3, -0.25) is 4.79 Å². The van der Waals surface area contributed by atoms with Crippen molar-refractivity contribution in [3.05, 3.63) is 17.4 Å². The van der Waals surface area contributed by atoms with Gasteiger partial charge in [-0.2, -0.15) is 0 Å². The summed E-state index contributed by atoms with van der Waals surface area (Å²) < 4.78 is 29.6. The Hall–Kier alpha value is -1.98. The number of methoxy groups -OCH3 is 3. The molecule has 1 rings (SSSR count). The number of aliphatic carboxylic acids is 1. The van der Waals surface area contributed by atoms with Gasteiger partial charge in [0, 0.05) is 11.6 Å². The Morgan fingerprint density at radius 2 is 1.75 bits per heavy atom. The number of ether oxygens (including phenoxy) is 3. The van der Waals surface area contributed by atoms with Crippen LogP contribution in [0.2, 0.25) is 0 Å². The topological polar surface area (TPSA) is 65.0 Å². The first-order valence-corrected chi connectivity index (χ1v) is 5.99. The molecule has 0 spiro atoms. The SMILES string of the molecule is COc1cc(OC)c(OC)c(CC(C)(C)C(=O)O)c1F. The van der Waals surface area contributed by atoms with Gasteiger partial charge in [-0.15, -0.1) is 0 Å². The highest BCUT2D eigenvalue weighted by Gasteiger charge is 2.32. The van der Waals surface area contributed by atoms with Crippen LogP contribution in [0.4, 0.5) is 4.39 Å². The van der Waals surface area contributed by atoms with Crippen LogP contribution in [0.3, 0.4) is 0 Å². The third-order valence-electron chi connectivity index (χ3n) is 3.08. The molecule has 0 heterocycles. The summed E-state index contributed by atoms with van der Waals surface area (Å²) >= 11 is 0. The highest BCUT2D eigenvalue weighted by Crippen LogP contribution is 2.41. The summed E-state index contributed by atoms with van der Waals surface area (Å²) in [6.07, 6.45) is -0.0507. The van der Waals surface area contributed by atoms with Crippen molar-refractivity contribution in [3.8, 4) is 17.2 Å². The van der Waals surface area contributed by atoms with Crippen LogP contribution in [0, 0.1) is 11.2 Å². The lowest BCUT2D eigenvalue weighted by atomic mass is 9.85. The molecule has 6 heteroatoms. The maximum Gasteiger partial charge on any atom is 0.309 e. The van der Waals surface area contributed by atoms with E-state index in [0.717, 1.165) is 0 Å². The van der Waals surface area contributed by atoms with E-state index in [1.54, 1.807) is 0 Å². The summed E-state index contributed by atoms with van der Waals surface area (Å²) in [6.45, 7) is 3.03. The van der Waals surface area contributed by atoms with E-state index < -0.39 is 17.2 Å². The van der Waals surface area contributed by atoms with Crippen LogP contribution in [-0.2, 0) is 11.2 Å². The van der Waals surface area contributed by atoms with Crippen LogP contribution in [0.15, 0.2) is 6.07 Å². The van der Waals surface area contributed by atoms with E-state index in [1.165, 1.54) is 41.2 Å². The largest absolute Gasteiger partial charge is 0.494 e. The minimum atomic E-state index is -1.15. The summed E-state index contributed by atoms with van der Waals surface area (Å²) in [4.78, 5) is 11.2. The van der Waals surface area contributed by atoms with Crippen molar-refractivity contribution in [2.75, 3.05) is 21.3 Å². The van der Waals surface area contributed by atoms with Crippen molar-refractivity contribution in [2.45, 2.75) is 20.3 Å². The maximum atomic E-state index is 14.4. The maximum absolute atomic E-state index is 14.4. The molecular formula is C14H19FO5. The summed E-state index contributed by atoms with van der Waals surface area (Å²) in [5, 5.41) is 9.18. The zero-order valence-electron chi connectivity index (χ0n) is 12.2. The molecule has 0 aliphatic carbocycles. The molecule has 0 radical (unpaired) electrons. The minimum Gasteiger partial charge on any atom is -0.494 e. The highest BCUT2D eigenvalue weighted by molar-refractivity contribution is 5.74. The van der Waals surface area contributed by atoms with Crippen molar-refractivity contribution in [1.29, 1.82) is 0 Å². The predicted molar refractivity (Wildman–Crippen MR) is 71.2 cm³/mol. The Balaban J connectivity index is 3.46. The van der Waals surface area contributed by atoms with Crippen molar-refractivity contribution in [2.24, 2.45) is 5.41 Å². The third kappa shape index (κ3) is 2.95. The van der Waals surface area contributed by atoms with E-state index in [1.807, 2.05) is 0 Å². The summed E-state index contributed by atoms with van der Waals surface area (Å²) in [6, 6.07) is 1.37. The second-order valence-electron chi connectivity index (χ2n) is 4.97. The van der Waals surface area contributed by atoms with Crippen LogP contribution >= 0.6 is 0 Å². The Morgan fingerprint density at radius 1 is 1.20 bits per heavy atom. The molecule has 0 fully saturated rings. The van der Waals surface area contributed by atoms with Crippen LogP contribution < -0.4 is 14.2 Å². The normalized spacial score (nSPS) is 11.1. The van der Waals surface area contributed by atoms with Gasteiger partial charge < -0.3 is 19.3 Å². The van der Waals surface area contributed by atoms with Gasteiger partial charge >= 0.3 is 5.97 Å². The van der Waals surface area contributed by atoms with E-state index in [4.69, 9.17) is 14.2 Å². The van der Waals surface area contributed by atoms with E-state index in [2.05, 4.69) is 0 Å². The van der Waals surface area contributed by atoms with Gasteiger partial charge in [0.1, 0.15) is 0 Å². The molecule has 112 valence electrons. The molecule has 1 aromatic carbocycles. The summed E-state index contributed by atoms with van der Waals surface area (Å²) in [5.74, 6) is -1.21. The van der Waals surface area contributed by atoms with Gasteiger partial charge in [0.25, 0.3) is 0 Å². The Labute approximate surface area is 117 Å². The smallest absolute Gasteiger partial charge is 0.309 e. The lowest BCUT2D eigenvalue weighted by molar-refractivity contribution is -0.146. The number of carboxylic acids is 1. The molecule has 0 amide bonds. The first-order chi connectivity index (χ1) is 9.28. The van der Waals surface area contributed by atoms with E-state index in [0.29, 0.717) is 5.75 Å². The number of halogens is 1. The Bertz CT molecular complexity index is 511. The fourth-order valence-electron chi connectivity index (χ4n) is 1.84. The van der Waals surface area contributed by atoms with E-state index in [-0.39, 0.29) is 23.5 Å². The Kier molecular flexibility index (Phi) is 4.81. The third-order valence-corrected chi connectivity index (χ3v) is 3.08. The van der Waals surface area contributed by atoms with Crippen LogP contribution in [0.25, 0.3) is 0 Å². The van der Waals surface area contributed by atoms with Gasteiger partial charge in [0.15, 0.2) is 23.1 Å². The van der Waals surface area contributed by atoms with E-state index in [9.17, 15) is 14.3 Å². The number of carboxylic acid groups (broad SMARTS) is 1. The molecule has 0 saturated carbocycles. The molecule has 0 bridgehead atoms. The van der Waals surface area contributed by atoms with Gasteiger partial charge in [-0.1, -0.05) is 0 Å². The molecule has 0 aromatic heterocycles. The fourth-order valence-corrected chi connectivity index (χ4v) is 1.84. The second kappa shape index (κ2) is 5.98. The zero-order chi connectivity index (χ0) is 15.5. The minimum absolute atomic E-state index is 0.0150. The second-order valence-corrected chi connectivity index (χ2v) is 4.97. The van der Waals surface area contributed by atoms with Crippen molar-refractivity contribution in [3.63, 3.8) is 0 Å². The molecule has 5 nitrogen and oxygen atoms in total. The molecule has 20 heavy (non-hydrogen) atoms. The predicted octanol–water partition coefficient (Wildman–Crippen LogP) is 2.50. The average Bonchev–Trinajstić information content (AvgIpc) is 2.40. The molecule has 0 aliphatic rings. The lowest BCUT2D eigenvalue weighted by Gasteiger charge is -2.22. The number of benzene rings is 1. The molecule has 0 atom stereocenters. The quantitative estimate of drug-likeness (QED) is 0.870. The lowest BCUT2D eigenvalue weighted by Crippen LogP contribution is -2.27. The standard InChI is InChI=1S/C14H19FO5/c1-14(2,13(16)17)7-8-11(15)9(18-3)6-10(19-4)12(8)20-5/h6H,7H2,1-5H3,(H,16,17). The molecule has 0 saturated heterocycles. The summed E-state index contributed by atoms with van der Waals surface area (Å²) in [7, 11) is 4.12. The average molecular weight is 286 g/mol. The van der Waals surface area contributed by atoms with Gasteiger partial charge in [-0.05, 0) is 20.3 Å². The van der Waals surface area contributed by atoms with Gasteiger partial charge in [0.2, 0.25) is 0 Å². The molecule has 0 aliphatic heterocycles. The number of hydrogen-bond acceptors (Lipinski definition) is 4. The number of hydrogen-bond donors (Lipinski definition) is 1. The Morgan fingerprint density at radius 3 is 2.15 bits per heavy atom. The highest BCUT2D eigenvalue weighted by atomic mass is 19.1. The fraction of sp³-hybridized carbons (Fsp3) is 0.500. The first-order valence-electron chi connectivity index (χ1n) is 5.99. The van der Waals surface area contributed by atoms with Crippen LogP contribution in [0.5, 0.6) is 17.2 Å². The van der Waals surface area contributed by atoms with Crippen LogP contribution in [0.1, 0.15) is 19.4 Å². The molecular weight excluding hydrogens is 267 g/mol. The first kappa shape index (κ1) is 16.1. The van der Waals surface area contributed by atoms with Crippen LogP contribution in [-0.4, -0.2) is 32.4 Å². The van der Waals surface area contributed by atoms with Gasteiger partial charge in [0.05, 0.1) is 26.7 Å². The van der Waals surface area contributed by atoms with Crippen molar-refractivity contribution >= 4 is 5.97 Å².